The molecule has 0 amide bonds. The van der Waals surface area contributed by atoms with Gasteiger partial charge in [0.1, 0.15) is 29.1 Å². The van der Waals surface area contributed by atoms with E-state index in [1.54, 1.807) is 75.6 Å². The fraction of sp³-hybridized carbons (Fsp3) is 0.207. The van der Waals surface area contributed by atoms with E-state index in [1.807, 2.05) is 0 Å². The number of methoxy groups -OCH3 is 2. The standard InChI is InChI=1S/C29H24Cl2N2O6S/c1-5-38-28(35)24-15(2)32-29-33(26(24)19-13-16(36-3)9-11-21(19)37-4)27(34)23(40-29)14-17-10-12-22(39-17)18-7-6-8-20(30)25(18)31/h6-14,26H,5H2,1-4H3/b23-14+/t26-/m1/s1. The highest BCUT2D eigenvalue weighted by atomic mass is 35.5. The Morgan fingerprint density at radius 2 is 1.95 bits per heavy atom. The van der Waals surface area contributed by atoms with Gasteiger partial charge in [-0.1, -0.05) is 40.6 Å². The van der Waals surface area contributed by atoms with E-state index in [-0.39, 0.29) is 17.7 Å². The van der Waals surface area contributed by atoms with E-state index >= 15 is 0 Å². The predicted molar refractivity (Wildman–Crippen MR) is 154 cm³/mol. The molecule has 0 N–H and O–H groups in total. The average molecular weight is 599 g/mol. The molecule has 4 aromatic rings. The minimum absolute atomic E-state index is 0.166. The van der Waals surface area contributed by atoms with Crippen LogP contribution in [0.25, 0.3) is 17.4 Å². The summed E-state index contributed by atoms with van der Waals surface area (Å²) < 4.78 is 24.3. The maximum Gasteiger partial charge on any atom is 0.338 e. The molecule has 0 fully saturated rings. The fourth-order valence-electron chi connectivity index (χ4n) is 4.54. The number of thiazole rings is 1. The molecule has 0 aliphatic carbocycles. The lowest BCUT2D eigenvalue weighted by atomic mass is 9.95. The van der Waals surface area contributed by atoms with Crippen molar-refractivity contribution in [2.75, 3.05) is 20.8 Å². The average Bonchev–Trinajstić information content (AvgIpc) is 3.53. The van der Waals surface area contributed by atoms with Gasteiger partial charge in [0.15, 0.2) is 4.80 Å². The maximum atomic E-state index is 13.9. The first-order valence-corrected chi connectivity index (χ1v) is 13.8. The Balaban J connectivity index is 1.69. The molecule has 11 heteroatoms. The van der Waals surface area contributed by atoms with Gasteiger partial charge >= 0.3 is 5.97 Å². The van der Waals surface area contributed by atoms with Crippen LogP contribution in [0.1, 0.15) is 31.2 Å². The van der Waals surface area contributed by atoms with Crippen molar-refractivity contribution >= 4 is 46.6 Å². The minimum Gasteiger partial charge on any atom is -0.497 e. The summed E-state index contributed by atoms with van der Waals surface area (Å²) in [5.74, 6) is 1.39. The van der Waals surface area contributed by atoms with Gasteiger partial charge in [-0.15, -0.1) is 0 Å². The van der Waals surface area contributed by atoms with Gasteiger partial charge in [0, 0.05) is 17.2 Å². The zero-order valence-corrected chi connectivity index (χ0v) is 24.3. The van der Waals surface area contributed by atoms with Crippen molar-refractivity contribution in [2.24, 2.45) is 4.99 Å². The van der Waals surface area contributed by atoms with Crippen molar-refractivity contribution in [2.45, 2.75) is 19.9 Å². The van der Waals surface area contributed by atoms with Gasteiger partial charge in [0.2, 0.25) is 0 Å². The topological polar surface area (TPSA) is 92.3 Å². The highest BCUT2D eigenvalue weighted by Gasteiger charge is 2.35. The Morgan fingerprint density at radius 3 is 2.67 bits per heavy atom. The summed E-state index contributed by atoms with van der Waals surface area (Å²) in [5.41, 5.74) is 1.52. The van der Waals surface area contributed by atoms with E-state index in [1.165, 1.54) is 23.0 Å². The summed E-state index contributed by atoms with van der Waals surface area (Å²) in [5, 5.41) is 0.782. The molecule has 0 saturated heterocycles. The van der Waals surface area contributed by atoms with Crippen LogP contribution in [0.4, 0.5) is 0 Å². The van der Waals surface area contributed by atoms with E-state index in [4.69, 9.17) is 41.8 Å². The number of ether oxygens (including phenoxy) is 3. The Bertz CT molecular complexity index is 1840. The van der Waals surface area contributed by atoms with Gasteiger partial charge in [0.05, 0.1) is 46.7 Å². The number of carbonyl (C=O) groups excluding carboxylic acids is 1. The molecule has 2 aromatic carbocycles. The van der Waals surface area contributed by atoms with Gasteiger partial charge in [0.25, 0.3) is 5.56 Å². The first-order chi connectivity index (χ1) is 19.3. The second-order valence-corrected chi connectivity index (χ2v) is 10.5. The Labute approximate surface area is 243 Å². The molecule has 5 rings (SSSR count). The normalized spacial score (nSPS) is 15.1. The molecule has 40 heavy (non-hydrogen) atoms. The third-order valence-electron chi connectivity index (χ3n) is 6.37. The van der Waals surface area contributed by atoms with E-state index in [0.717, 1.165) is 0 Å². The predicted octanol–water partition coefficient (Wildman–Crippen LogP) is 5.38. The lowest BCUT2D eigenvalue weighted by molar-refractivity contribution is -0.139. The van der Waals surface area contributed by atoms with Gasteiger partial charge in [-0.2, -0.15) is 0 Å². The Kier molecular flexibility index (Phi) is 7.89. The summed E-state index contributed by atoms with van der Waals surface area (Å²) in [6.45, 7) is 3.61. The van der Waals surface area contributed by atoms with Crippen molar-refractivity contribution in [3.8, 4) is 22.8 Å². The molecule has 0 saturated carbocycles. The second-order valence-electron chi connectivity index (χ2n) is 8.71. The zero-order chi connectivity index (χ0) is 28.6. The quantitative estimate of drug-likeness (QED) is 0.265. The summed E-state index contributed by atoms with van der Waals surface area (Å²) in [6.07, 6.45) is 1.63. The van der Waals surface area contributed by atoms with Gasteiger partial charge in [-0.05, 0) is 56.3 Å². The number of hydrogen-bond donors (Lipinski definition) is 0. The van der Waals surface area contributed by atoms with Gasteiger partial charge < -0.3 is 18.6 Å². The first-order valence-electron chi connectivity index (χ1n) is 12.2. The van der Waals surface area contributed by atoms with Crippen LogP contribution in [0.5, 0.6) is 11.5 Å². The number of hydrogen-bond acceptors (Lipinski definition) is 8. The molecule has 8 nitrogen and oxygen atoms in total. The van der Waals surface area contributed by atoms with Crippen molar-refractivity contribution in [3.63, 3.8) is 0 Å². The largest absolute Gasteiger partial charge is 0.497 e. The molecule has 0 spiro atoms. The zero-order valence-electron chi connectivity index (χ0n) is 22.0. The molecule has 0 unspecified atom stereocenters. The Morgan fingerprint density at radius 1 is 1.15 bits per heavy atom. The van der Waals surface area contributed by atoms with Crippen LogP contribution >= 0.6 is 34.5 Å². The smallest absolute Gasteiger partial charge is 0.338 e. The van der Waals surface area contributed by atoms with Crippen LogP contribution in [-0.2, 0) is 9.53 Å². The highest BCUT2D eigenvalue weighted by Crippen LogP contribution is 2.38. The van der Waals surface area contributed by atoms with Crippen molar-refractivity contribution < 1.29 is 23.4 Å². The number of fused-ring (bicyclic) bond motifs is 1. The van der Waals surface area contributed by atoms with Crippen LogP contribution in [-0.4, -0.2) is 31.4 Å². The highest BCUT2D eigenvalue weighted by molar-refractivity contribution is 7.07. The number of furan rings is 1. The summed E-state index contributed by atoms with van der Waals surface area (Å²) in [6, 6.07) is 13.1. The number of nitrogens with zero attached hydrogens (tertiary/aromatic N) is 2. The summed E-state index contributed by atoms with van der Waals surface area (Å²) in [7, 11) is 3.06. The number of carbonyl (C=O) groups is 1. The number of rotatable bonds is 7. The minimum atomic E-state index is -0.861. The number of halogens is 2. The van der Waals surface area contributed by atoms with Gasteiger partial charge in [-0.25, -0.2) is 9.79 Å². The van der Waals surface area contributed by atoms with Crippen LogP contribution in [0.3, 0.4) is 0 Å². The van der Waals surface area contributed by atoms with Crippen molar-refractivity contribution in [1.29, 1.82) is 0 Å². The van der Waals surface area contributed by atoms with E-state index in [9.17, 15) is 9.59 Å². The molecule has 0 bridgehead atoms. The molecular formula is C29H24Cl2N2O6S. The van der Waals surface area contributed by atoms with Crippen LogP contribution < -0.4 is 24.4 Å². The van der Waals surface area contributed by atoms with E-state index in [2.05, 4.69) is 4.99 Å². The van der Waals surface area contributed by atoms with Crippen molar-refractivity contribution in [1.82, 2.24) is 4.57 Å². The Hall–Kier alpha value is -3.79. The SMILES string of the molecule is CCOC(=O)C1=C(C)N=c2s/c(=C/c3ccc(-c4cccc(Cl)c4Cl)o3)c(=O)n2[C@@H]1c1cc(OC)ccc1OC. The van der Waals surface area contributed by atoms with Crippen LogP contribution in [0, 0.1) is 0 Å². The molecule has 206 valence electrons. The second kappa shape index (κ2) is 11.4. The molecule has 1 atom stereocenters. The lowest BCUT2D eigenvalue weighted by Crippen LogP contribution is -2.40. The third-order valence-corrected chi connectivity index (χ3v) is 8.17. The number of aromatic nitrogens is 1. The summed E-state index contributed by atoms with van der Waals surface area (Å²) in [4.78, 5) is 32.1. The fourth-order valence-corrected chi connectivity index (χ4v) is 5.96. The lowest BCUT2D eigenvalue weighted by Gasteiger charge is -2.26. The first kappa shape index (κ1) is 27.8. The summed E-state index contributed by atoms with van der Waals surface area (Å²) >= 11 is 13.7. The molecule has 1 aliphatic rings. The maximum absolute atomic E-state index is 13.9. The molecular weight excluding hydrogens is 575 g/mol. The van der Waals surface area contributed by atoms with Crippen LogP contribution in [0.15, 0.2) is 74.0 Å². The van der Waals surface area contributed by atoms with Crippen LogP contribution in [0.2, 0.25) is 10.0 Å². The monoisotopic (exact) mass is 598 g/mol. The third kappa shape index (κ3) is 4.96. The van der Waals surface area contributed by atoms with Crippen molar-refractivity contribution in [3.05, 3.63) is 101 Å². The molecule has 3 heterocycles. The molecule has 1 aliphatic heterocycles. The molecule has 0 radical (unpaired) electrons. The number of benzene rings is 2. The van der Waals surface area contributed by atoms with Gasteiger partial charge in [-0.3, -0.25) is 9.36 Å². The molecule has 2 aromatic heterocycles. The van der Waals surface area contributed by atoms with E-state index < -0.39 is 12.0 Å². The number of esters is 1. The van der Waals surface area contributed by atoms with E-state index in [0.29, 0.717) is 59.2 Å². The number of allylic oxidation sites excluding steroid dienone is 1.